The third-order valence-corrected chi connectivity index (χ3v) is 10.3. The molecule has 0 bridgehead atoms. The quantitative estimate of drug-likeness (QED) is 0.156. The van der Waals surface area contributed by atoms with Gasteiger partial charge in [-0.2, -0.15) is 0 Å². The van der Waals surface area contributed by atoms with Crippen LogP contribution in [0.3, 0.4) is 0 Å². The summed E-state index contributed by atoms with van der Waals surface area (Å²) in [5.41, 5.74) is 14.1. The molecule has 0 atom stereocenters. The van der Waals surface area contributed by atoms with Crippen LogP contribution in [0.25, 0.3) is 43.8 Å². The Balaban J connectivity index is 1.00. The van der Waals surface area contributed by atoms with Crippen LogP contribution in [0.5, 0.6) is 0 Å². The van der Waals surface area contributed by atoms with Crippen molar-refractivity contribution in [1.82, 2.24) is 0 Å². The molecule has 2 heteroatoms. The number of hydrogen-bond donors (Lipinski definition) is 0. The molecular weight excluding hydrogens is 653 g/mol. The Morgan fingerprint density at radius 1 is 0.278 bits per heavy atom. The Hall–Kier alpha value is -6.90. The van der Waals surface area contributed by atoms with Gasteiger partial charge in [-0.05, 0) is 108 Å². The number of anilines is 6. The molecule has 0 saturated heterocycles. The normalized spacial score (nSPS) is 11.1. The zero-order valence-corrected chi connectivity index (χ0v) is 30.5. The van der Waals surface area contributed by atoms with Gasteiger partial charge in [-0.15, -0.1) is 0 Å². The number of fused-ring (bicyclic) bond motifs is 2. The highest BCUT2D eigenvalue weighted by atomic mass is 15.1. The van der Waals surface area contributed by atoms with Crippen molar-refractivity contribution in [3.63, 3.8) is 0 Å². The minimum Gasteiger partial charge on any atom is -0.310 e. The van der Waals surface area contributed by atoms with E-state index in [0.29, 0.717) is 0 Å². The number of hydrogen-bond acceptors (Lipinski definition) is 2. The van der Waals surface area contributed by atoms with E-state index in [1.54, 1.807) is 0 Å². The highest BCUT2D eigenvalue weighted by molar-refractivity contribution is 6.00. The molecule has 258 valence electrons. The van der Waals surface area contributed by atoms with Gasteiger partial charge < -0.3 is 9.80 Å². The van der Waals surface area contributed by atoms with Gasteiger partial charge in [0.25, 0.3) is 0 Å². The van der Waals surface area contributed by atoms with Gasteiger partial charge in [0.05, 0.1) is 11.4 Å². The van der Waals surface area contributed by atoms with Gasteiger partial charge in [-0.3, -0.25) is 0 Å². The largest absolute Gasteiger partial charge is 0.310 e. The maximum absolute atomic E-state index is 2.36. The van der Waals surface area contributed by atoms with Crippen LogP contribution >= 0.6 is 0 Å². The maximum atomic E-state index is 2.36. The standard InChI is InChI=1S/C52H40N2/c1-37-19-33-49-43(35-37)11-9-17-51(49)53(45-13-5-3-6-14-45)47-29-25-41(26-30-47)39-21-23-40(24-22-39)42-27-31-48(32-28-42)54(46-15-7-4-8-16-46)52-18-10-12-44-36-38(2)20-34-50(44)52/h3-36H,1-2H3. The molecule has 0 amide bonds. The minimum atomic E-state index is 1.12. The van der Waals surface area contributed by atoms with Crippen molar-refractivity contribution in [2.45, 2.75) is 13.8 Å². The molecule has 0 heterocycles. The van der Waals surface area contributed by atoms with Gasteiger partial charge >= 0.3 is 0 Å². The smallest absolute Gasteiger partial charge is 0.0540 e. The summed E-state index contributed by atoms with van der Waals surface area (Å²) in [6, 6.07) is 74.6. The Morgan fingerprint density at radius 2 is 0.611 bits per heavy atom. The molecule has 0 unspecified atom stereocenters. The van der Waals surface area contributed by atoms with Crippen molar-refractivity contribution in [3.8, 4) is 22.3 Å². The summed E-state index contributed by atoms with van der Waals surface area (Å²) >= 11 is 0. The van der Waals surface area contributed by atoms with Gasteiger partial charge in [0.15, 0.2) is 0 Å². The summed E-state index contributed by atoms with van der Waals surface area (Å²) in [5.74, 6) is 0. The highest BCUT2D eigenvalue weighted by Gasteiger charge is 2.17. The van der Waals surface area contributed by atoms with Crippen LogP contribution in [-0.4, -0.2) is 0 Å². The number of nitrogens with zero attached hydrogens (tertiary/aromatic N) is 2. The molecule has 9 aromatic rings. The van der Waals surface area contributed by atoms with Crippen LogP contribution in [0.4, 0.5) is 34.1 Å². The monoisotopic (exact) mass is 692 g/mol. The summed E-state index contributed by atoms with van der Waals surface area (Å²) in [7, 11) is 0. The van der Waals surface area contributed by atoms with Crippen molar-refractivity contribution >= 4 is 55.7 Å². The number of para-hydroxylation sites is 2. The van der Waals surface area contributed by atoms with E-state index in [0.717, 1.165) is 22.7 Å². The van der Waals surface area contributed by atoms with Gasteiger partial charge in [-0.25, -0.2) is 0 Å². The molecule has 2 nitrogen and oxygen atoms in total. The van der Waals surface area contributed by atoms with Crippen molar-refractivity contribution < 1.29 is 0 Å². The lowest BCUT2D eigenvalue weighted by molar-refractivity contribution is 1.30. The summed E-state index contributed by atoms with van der Waals surface area (Å²) in [5, 5.41) is 4.95. The first-order chi connectivity index (χ1) is 26.6. The van der Waals surface area contributed by atoms with Crippen molar-refractivity contribution in [2.75, 3.05) is 9.80 Å². The second-order valence-corrected chi connectivity index (χ2v) is 14.0. The topological polar surface area (TPSA) is 6.48 Å². The fourth-order valence-corrected chi connectivity index (χ4v) is 7.63. The minimum absolute atomic E-state index is 1.12. The van der Waals surface area contributed by atoms with Crippen LogP contribution in [0.1, 0.15) is 11.1 Å². The molecule has 0 saturated carbocycles. The third kappa shape index (κ3) is 6.40. The van der Waals surface area contributed by atoms with Gasteiger partial charge in [0.2, 0.25) is 0 Å². The fourth-order valence-electron chi connectivity index (χ4n) is 7.63. The van der Waals surface area contributed by atoms with E-state index in [-0.39, 0.29) is 0 Å². The van der Waals surface area contributed by atoms with Gasteiger partial charge in [0.1, 0.15) is 0 Å². The number of aryl methyl sites for hydroxylation is 2. The third-order valence-electron chi connectivity index (χ3n) is 10.3. The van der Waals surface area contributed by atoms with E-state index < -0.39 is 0 Å². The average molecular weight is 693 g/mol. The highest BCUT2D eigenvalue weighted by Crippen LogP contribution is 2.41. The molecule has 0 fully saturated rings. The van der Waals surface area contributed by atoms with Crippen molar-refractivity contribution in [3.05, 3.63) is 217 Å². The molecule has 9 rings (SSSR count). The number of rotatable bonds is 8. The van der Waals surface area contributed by atoms with E-state index in [1.165, 1.54) is 66.3 Å². The Bertz CT molecular complexity index is 2510. The molecule has 0 aromatic heterocycles. The molecule has 0 aliphatic rings. The van der Waals surface area contributed by atoms with Crippen molar-refractivity contribution in [2.24, 2.45) is 0 Å². The zero-order valence-electron chi connectivity index (χ0n) is 30.5. The summed E-state index contributed by atoms with van der Waals surface area (Å²) < 4.78 is 0. The Kier molecular flexibility index (Phi) is 8.70. The fraction of sp³-hybridized carbons (Fsp3) is 0.0385. The molecular formula is C52H40N2. The van der Waals surface area contributed by atoms with Crippen LogP contribution < -0.4 is 9.80 Å². The zero-order chi connectivity index (χ0) is 36.4. The lowest BCUT2D eigenvalue weighted by Crippen LogP contribution is -2.10. The predicted octanol–water partition coefficient (Wildman–Crippen LogP) is 14.9. The first-order valence-corrected chi connectivity index (χ1v) is 18.6. The van der Waals surface area contributed by atoms with Crippen molar-refractivity contribution in [1.29, 1.82) is 0 Å². The summed E-state index contributed by atoms with van der Waals surface area (Å²) in [6.07, 6.45) is 0. The van der Waals surface area contributed by atoms with E-state index >= 15 is 0 Å². The van der Waals surface area contributed by atoms with E-state index in [4.69, 9.17) is 0 Å². The first-order valence-electron chi connectivity index (χ1n) is 18.6. The molecule has 54 heavy (non-hydrogen) atoms. The molecule has 9 aromatic carbocycles. The average Bonchev–Trinajstić information content (AvgIpc) is 3.22. The summed E-state index contributed by atoms with van der Waals surface area (Å²) in [6.45, 7) is 4.30. The SMILES string of the molecule is Cc1ccc2c(N(c3ccccc3)c3ccc(-c4ccc(-c5ccc(N(c6ccccc6)c6cccc7cc(C)ccc67)cc5)cc4)cc3)cccc2c1. The second-order valence-electron chi connectivity index (χ2n) is 14.0. The number of benzene rings is 9. The van der Waals surface area contributed by atoms with Gasteiger partial charge in [0, 0.05) is 33.5 Å². The van der Waals surface area contributed by atoms with Gasteiger partial charge in [-0.1, -0.05) is 157 Å². The van der Waals surface area contributed by atoms with Crippen LogP contribution in [0.2, 0.25) is 0 Å². The van der Waals surface area contributed by atoms with Crippen LogP contribution in [-0.2, 0) is 0 Å². The lowest BCUT2D eigenvalue weighted by Gasteiger charge is -2.27. The molecule has 0 spiro atoms. The summed E-state index contributed by atoms with van der Waals surface area (Å²) in [4.78, 5) is 4.71. The lowest BCUT2D eigenvalue weighted by atomic mass is 9.99. The van der Waals surface area contributed by atoms with Crippen LogP contribution in [0.15, 0.2) is 206 Å². The molecule has 0 aliphatic carbocycles. The second kappa shape index (κ2) is 14.3. The van der Waals surface area contributed by atoms with E-state index in [1.807, 2.05) is 0 Å². The first kappa shape index (κ1) is 33.0. The Morgan fingerprint density at radius 3 is 0.981 bits per heavy atom. The van der Waals surface area contributed by atoms with E-state index in [9.17, 15) is 0 Å². The molecule has 0 aliphatic heterocycles. The predicted molar refractivity (Wildman–Crippen MR) is 231 cm³/mol. The maximum Gasteiger partial charge on any atom is 0.0540 e. The Labute approximate surface area is 317 Å². The molecule has 0 N–H and O–H groups in total. The van der Waals surface area contributed by atoms with E-state index in [2.05, 4.69) is 230 Å². The van der Waals surface area contributed by atoms with Crippen LogP contribution in [0, 0.1) is 13.8 Å². The molecule has 0 radical (unpaired) electrons.